The molecule has 26 heavy (non-hydrogen) atoms. The summed E-state index contributed by atoms with van der Waals surface area (Å²) < 4.78 is 5.10. The van der Waals surface area contributed by atoms with E-state index in [1.165, 1.54) is 0 Å². The van der Waals surface area contributed by atoms with Gasteiger partial charge in [0, 0.05) is 17.1 Å². The largest absolute Gasteiger partial charge is 0.480 e. The Morgan fingerprint density at radius 2 is 1.81 bits per heavy atom. The molecule has 6 nitrogen and oxygen atoms in total. The lowest BCUT2D eigenvalue weighted by Gasteiger charge is -2.14. The highest BCUT2D eigenvalue weighted by Gasteiger charge is 2.21. The van der Waals surface area contributed by atoms with Crippen molar-refractivity contribution in [3.8, 4) is 0 Å². The number of aliphatic carboxylic acids is 1. The molecule has 6 heteroatoms. The molecule has 0 bridgehead atoms. The van der Waals surface area contributed by atoms with Crippen LogP contribution in [0.25, 0.3) is 10.9 Å². The number of aromatic amines is 1. The van der Waals surface area contributed by atoms with Gasteiger partial charge in [-0.2, -0.15) is 0 Å². The third kappa shape index (κ3) is 4.42. The Morgan fingerprint density at radius 3 is 2.58 bits per heavy atom. The summed E-state index contributed by atoms with van der Waals surface area (Å²) in [5.41, 5.74) is 2.87. The lowest BCUT2D eigenvalue weighted by Crippen LogP contribution is -2.41. The maximum atomic E-state index is 11.9. The minimum absolute atomic E-state index is 0.0987. The zero-order valence-corrected chi connectivity index (χ0v) is 14.1. The quantitative estimate of drug-likeness (QED) is 0.607. The van der Waals surface area contributed by atoms with Crippen molar-refractivity contribution in [1.82, 2.24) is 10.3 Å². The van der Waals surface area contributed by atoms with Crippen molar-refractivity contribution in [2.45, 2.75) is 25.5 Å². The molecule has 0 aliphatic rings. The molecular weight excluding hydrogens is 332 g/mol. The Labute approximate surface area is 150 Å². The maximum absolute atomic E-state index is 11.9. The molecule has 1 amide bonds. The van der Waals surface area contributed by atoms with Crippen LogP contribution < -0.4 is 5.32 Å². The topological polar surface area (TPSA) is 91.4 Å². The average molecular weight is 352 g/mol. The second kappa shape index (κ2) is 8.20. The Bertz CT molecular complexity index is 889. The van der Waals surface area contributed by atoms with Gasteiger partial charge in [0.15, 0.2) is 0 Å². The van der Waals surface area contributed by atoms with Crippen LogP contribution in [-0.4, -0.2) is 28.2 Å². The summed E-state index contributed by atoms with van der Waals surface area (Å²) in [6.45, 7) is 0.0987. The number of aromatic nitrogens is 1. The molecule has 1 aromatic heterocycles. The van der Waals surface area contributed by atoms with Gasteiger partial charge in [0.1, 0.15) is 12.6 Å². The van der Waals surface area contributed by atoms with E-state index in [1.807, 2.05) is 60.8 Å². The van der Waals surface area contributed by atoms with E-state index in [1.54, 1.807) is 0 Å². The predicted molar refractivity (Wildman–Crippen MR) is 97.8 cm³/mol. The number of carboxylic acid groups (broad SMARTS) is 1. The minimum atomic E-state index is -1.08. The van der Waals surface area contributed by atoms with Gasteiger partial charge in [-0.25, -0.2) is 9.59 Å². The number of carbonyl (C=O) groups excluding carboxylic acids is 1. The van der Waals surface area contributed by atoms with Crippen molar-refractivity contribution >= 4 is 23.0 Å². The van der Waals surface area contributed by atoms with Gasteiger partial charge in [0.2, 0.25) is 0 Å². The molecule has 1 heterocycles. The monoisotopic (exact) mass is 352 g/mol. The number of alkyl carbamates (subject to hydrolysis) is 1. The smallest absolute Gasteiger partial charge is 0.408 e. The number of fused-ring (bicyclic) bond motifs is 1. The number of nitrogens with one attached hydrogen (secondary N) is 2. The van der Waals surface area contributed by atoms with Gasteiger partial charge in [-0.15, -0.1) is 0 Å². The van der Waals surface area contributed by atoms with Gasteiger partial charge >= 0.3 is 12.1 Å². The highest BCUT2D eigenvalue weighted by molar-refractivity contribution is 5.83. The Balaban J connectivity index is 1.55. The summed E-state index contributed by atoms with van der Waals surface area (Å²) in [5, 5.41) is 12.9. The van der Waals surface area contributed by atoms with E-state index in [2.05, 4.69) is 10.3 Å². The van der Waals surface area contributed by atoms with Gasteiger partial charge in [-0.1, -0.05) is 48.5 Å². The van der Waals surface area contributed by atoms with E-state index in [4.69, 9.17) is 4.74 Å². The lowest BCUT2D eigenvalue weighted by molar-refractivity contribution is -0.139. The van der Waals surface area contributed by atoms with Gasteiger partial charge in [-0.05, 0) is 30.0 Å². The molecule has 3 rings (SSSR count). The first kappa shape index (κ1) is 17.5. The number of amides is 1. The first-order valence-corrected chi connectivity index (χ1v) is 8.38. The summed E-state index contributed by atoms with van der Waals surface area (Å²) in [4.78, 5) is 26.5. The number of hydrogen-bond acceptors (Lipinski definition) is 3. The zero-order valence-electron chi connectivity index (χ0n) is 14.1. The van der Waals surface area contributed by atoms with E-state index in [0.29, 0.717) is 6.42 Å². The molecule has 0 spiro atoms. The van der Waals surface area contributed by atoms with Crippen LogP contribution in [0.2, 0.25) is 0 Å². The van der Waals surface area contributed by atoms with Crippen LogP contribution in [0.5, 0.6) is 0 Å². The Morgan fingerprint density at radius 1 is 1.08 bits per heavy atom. The number of carbonyl (C=O) groups is 2. The Hall–Kier alpha value is -3.28. The molecule has 0 fully saturated rings. The van der Waals surface area contributed by atoms with Crippen LogP contribution in [0.3, 0.4) is 0 Å². The normalized spacial score (nSPS) is 11.8. The number of hydrogen-bond donors (Lipinski definition) is 3. The minimum Gasteiger partial charge on any atom is -0.480 e. The van der Waals surface area contributed by atoms with E-state index in [-0.39, 0.29) is 13.0 Å². The molecule has 3 N–H and O–H groups in total. The number of para-hydroxylation sites is 1. The first-order chi connectivity index (χ1) is 12.6. The van der Waals surface area contributed by atoms with Crippen LogP contribution >= 0.6 is 0 Å². The highest BCUT2D eigenvalue weighted by atomic mass is 16.5. The van der Waals surface area contributed by atoms with E-state index in [9.17, 15) is 14.7 Å². The number of ether oxygens (including phenoxy) is 1. The summed E-state index contributed by atoms with van der Waals surface area (Å²) in [5.74, 6) is -1.08. The van der Waals surface area contributed by atoms with Crippen LogP contribution in [0, 0.1) is 0 Å². The fraction of sp³-hybridized carbons (Fsp3) is 0.200. The highest BCUT2D eigenvalue weighted by Crippen LogP contribution is 2.19. The molecule has 0 aliphatic carbocycles. The fourth-order valence-electron chi connectivity index (χ4n) is 2.80. The second-order valence-electron chi connectivity index (χ2n) is 6.00. The number of aryl methyl sites for hydroxylation is 1. The second-order valence-corrected chi connectivity index (χ2v) is 6.00. The van der Waals surface area contributed by atoms with Gasteiger partial charge in [0.25, 0.3) is 0 Å². The van der Waals surface area contributed by atoms with Crippen molar-refractivity contribution < 1.29 is 19.4 Å². The summed E-state index contributed by atoms with van der Waals surface area (Å²) in [7, 11) is 0. The molecule has 3 aromatic rings. The molecule has 1 atom stereocenters. The van der Waals surface area contributed by atoms with Crippen molar-refractivity contribution in [3.05, 3.63) is 71.9 Å². The number of H-pyrrole nitrogens is 1. The summed E-state index contributed by atoms with van der Waals surface area (Å²) in [6.07, 6.45) is 1.94. The molecule has 0 saturated heterocycles. The number of carboxylic acids is 1. The zero-order chi connectivity index (χ0) is 18.4. The van der Waals surface area contributed by atoms with E-state index >= 15 is 0 Å². The molecule has 0 aliphatic heterocycles. The average Bonchev–Trinajstić information content (AvgIpc) is 3.07. The molecule has 134 valence electrons. The number of rotatable bonds is 7. The fourth-order valence-corrected chi connectivity index (χ4v) is 2.80. The molecule has 1 unspecified atom stereocenters. The SMILES string of the molecule is O=C(NC(CCc1c[nH]c2ccccc12)C(=O)O)OCc1ccccc1. The van der Waals surface area contributed by atoms with Crippen LogP contribution in [-0.2, 0) is 22.6 Å². The lowest BCUT2D eigenvalue weighted by atomic mass is 10.0. The Kier molecular flexibility index (Phi) is 5.53. The van der Waals surface area contributed by atoms with E-state index < -0.39 is 18.1 Å². The van der Waals surface area contributed by atoms with Crippen molar-refractivity contribution in [1.29, 1.82) is 0 Å². The summed E-state index contributed by atoms with van der Waals surface area (Å²) in [6, 6.07) is 16.0. The third-order valence-electron chi connectivity index (χ3n) is 4.18. The predicted octanol–water partition coefficient (Wildman–Crippen LogP) is 3.48. The van der Waals surface area contributed by atoms with Gasteiger partial charge < -0.3 is 20.1 Å². The first-order valence-electron chi connectivity index (χ1n) is 8.38. The molecule has 2 aromatic carbocycles. The molecule has 0 radical (unpaired) electrons. The van der Waals surface area contributed by atoms with Crippen molar-refractivity contribution in [2.24, 2.45) is 0 Å². The molecular formula is C20H20N2O4. The summed E-state index contributed by atoms with van der Waals surface area (Å²) >= 11 is 0. The standard InChI is InChI=1S/C20H20N2O4/c23-19(24)18(22-20(25)26-13-14-6-2-1-3-7-14)11-10-15-12-21-17-9-5-4-8-16(15)17/h1-9,12,18,21H,10-11,13H2,(H,22,25)(H,23,24). The van der Waals surface area contributed by atoms with Gasteiger partial charge in [0.05, 0.1) is 0 Å². The third-order valence-corrected chi connectivity index (χ3v) is 4.18. The van der Waals surface area contributed by atoms with Crippen molar-refractivity contribution in [3.63, 3.8) is 0 Å². The van der Waals surface area contributed by atoms with Crippen LogP contribution in [0.15, 0.2) is 60.8 Å². The maximum Gasteiger partial charge on any atom is 0.408 e. The molecule has 0 saturated carbocycles. The van der Waals surface area contributed by atoms with Crippen LogP contribution in [0.4, 0.5) is 4.79 Å². The van der Waals surface area contributed by atoms with E-state index in [0.717, 1.165) is 22.0 Å². The van der Waals surface area contributed by atoms with Gasteiger partial charge in [-0.3, -0.25) is 0 Å². The van der Waals surface area contributed by atoms with Crippen LogP contribution in [0.1, 0.15) is 17.5 Å². The van der Waals surface area contributed by atoms with Crippen molar-refractivity contribution in [2.75, 3.05) is 0 Å². The number of benzene rings is 2.